The first kappa shape index (κ1) is 26.1. The minimum atomic E-state index is -0.480. The third kappa shape index (κ3) is 5.11. The van der Waals surface area contributed by atoms with E-state index < -0.39 is 5.97 Å². The number of hydrogen-bond acceptors (Lipinski definition) is 8. The molecule has 0 saturated carbocycles. The summed E-state index contributed by atoms with van der Waals surface area (Å²) in [4.78, 5) is 26.7. The van der Waals surface area contributed by atoms with E-state index in [0.717, 1.165) is 45.7 Å². The number of carbonyl (C=O) groups is 2. The molecule has 0 radical (unpaired) electrons. The second-order valence-corrected chi connectivity index (χ2v) is 11.6. The van der Waals surface area contributed by atoms with Crippen molar-refractivity contribution < 1.29 is 14.3 Å². The molecule has 5 rings (SSSR count). The normalized spacial score (nSPS) is 11.1. The lowest BCUT2D eigenvalue weighted by Crippen LogP contribution is -2.16. The first-order valence-electron chi connectivity index (χ1n) is 12.1. The molecule has 0 aliphatic rings. The standard InChI is InChI=1S/C28H26N4O3S3/c1-4-14-32-25(20-15-36-21-13-9-8-12-19(20)21)30-31-28(32)37-16-22(33)29-26-24(27(34)35-3)23(17(2)38-26)18-10-6-5-7-11-18/h5-13,15H,4,14,16H2,1-3H3,(H,29,33). The van der Waals surface area contributed by atoms with E-state index in [9.17, 15) is 9.59 Å². The molecule has 194 valence electrons. The molecule has 7 nitrogen and oxygen atoms in total. The number of amides is 1. The number of aromatic nitrogens is 3. The Balaban J connectivity index is 1.37. The van der Waals surface area contributed by atoms with Gasteiger partial charge in [-0.2, -0.15) is 0 Å². The molecule has 0 unspecified atom stereocenters. The lowest BCUT2D eigenvalue weighted by molar-refractivity contribution is -0.113. The van der Waals surface area contributed by atoms with Gasteiger partial charge in [0.2, 0.25) is 5.91 Å². The molecule has 2 aromatic carbocycles. The topological polar surface area (TPSA) is 86.1 Å². The number of thioether (sulfide) groups is 1. The van der Waals surface area contributed by atoms with E-state index >= 15 is 0 Å². The van der Waals surface area contributed by atoms with Crippen molar-refractivity contribution >= 4 is 61.4 Å². The number of hydrogen-bond donors (Lipinski definition) is 1. The molecular weight excluding hydrogens is 537 g/mol. The molecule has 3 aromatic heterocycles. The fourth-order valence-corrected chi connectivity index (χ4v) is 7.13. The Bertz CT molecular complexity index is 1600. The lowest BCUT2D eigenvalue weighted by atomic mass is 10.0. The van der Waals surface area contributed by atoms with E-state index in [-0.39, 0.29) is 11.7 Å². The number of anilines is 1. The highest BCUT2D eigenvalue weighted by Crippen LogP contribution is 2.40. The summed E-state index contributed by atoms with van der Waals surface area (Å²) in [5.41, 5.74) is 3.10. The summed E-state index contributed by atoms with van der Waals surface area (Å²) in [6.45, 7) is 4.79. The summed E-state index contributed by atoms with van der Waals surface area (Å²) in [5.74, 6) is 0.229. The lowest BCUT2D eigenvalue weighted by Gasteiger charge is -2.09. The van der Waals surface area contributed by atoms with E-state index in [1.807, 2.05) is 49.4 Å². The van der Waals surface area contributed by atoms with Crippen LogP contribution in [-0.2, 0) is 16.1 Å². The monoisotopic (exact) mass is 562 g/mol. The third-order valence-corrected chi connectivity index (χ3v) is 8.96. The average molecular weight is 563 g/mol. The molecular formula is C28H26N4O3S3. The number of thiophene rings is 2. The largest absolute Gasteiger partial charge is 0.465 e. The predicted molar refractivity (Wildman–Crippen MR) is 156 cm³/mol. The van der Waals surface area contributed by atoms with Gasteiger partial charge in [-0.15, -0.1) is 32.9 Å². The maximum absolute atomic E-state index is 13.1. The highest BCUT2D eigenvalue weighted by atomic mass is 32.2. The van der Waals surface area contributed by atoms with E-state index in [1.54, 1.807) is 11.3 Å². The highest BCUT2D eigenvalue weighted by molar-refractivity contribution is 7.99. The van der Waals surface area contributed by atoms with Crippen LogP contribution in [0.4, 0.5) is 5.00 Å². The number of nitrogens with zero attached hydrogens (tertiary/aromatic N) is 3. The van der Waals surface area contributed by atoms with Crippen LogP contribution >= 0.6 is 34.4 Å². The van der Waals surface area contributed by atoms with Crippen LogP contribution in [0.15, 0.2) is 65.1 Å². The van der Waals surface area contributed by atoms with Crippen molar-refractivity contribution in [1.29, 1.82) is 0 Å². The van der Waals surface area contributed by atoms with Crippen LogP contribution in [0.5, 0.6) is 0 Å². The highest BCUT2D eigenvalue weighted by Gasteiger charge is 2.25. The second-order valence-electron chi connectivity index (χ2n) is 8.54. The van der Waals surface area contributed by atoms with Crippen molar-refractivity contribution in [1.82, 2.24) is 14.8 Å². The SMILES string of the molecule is CCCn1c(SCC(=O)Nc2sc(C)c(-c3ccccc3)c2C(=O)OC)nnc1-c1csc2ccccc12. The van der Waals surface area contributed by atoms with Crippen molar-refractivity contribution in [2.24, 2.45) is 0 Å². The van der Waals surface area contributed by atoms with Crippen LogP contribution in [0.3, 0.4) is 0 Å². The molecule has 3 heterocycles. The summed E-state index contributed by atoms with van der Waals surface area (Å²) >= 11 is 4.39. The third-order valence-electron chi connectivity index (χ3n) is 6.01. The number of fused-ring (bicyclic) bond motifs is 1. The zero-order valence-electron chi connectivity index (χ0n) is 21.2. The Labute approximate surface area is 232 Å². The molecule has 38 heavy (non-hydrogen) atoms. The van der Waals surface area contributed by atoms with Gasteiger partial charge in [0.05, 0.1) is 12.9 Å². The number of ether oxygens (including phenoxy) is 1. The van der Waals surface area contributed by atoms with E-state index in [4.69, 9.17) is 4.74 Å². The smallest absolute Gasteiger partial charge is 0.341 e. The molecule has 10 heteroatoms. The van der Waals surface area contributed by atoms with Gasteiger partial charge in [-0.3, -0.25) is 4.79 Å². The average Bonchev–Trinajstić information content (AvgIpc) is 3.62. The quantitative estimate of drug-likeness (QED) is 0.152. The van der Waals surface area contributed by atoms with Crippen molar-refractivity contribution in [3.63, 3.8) is 0 Å². The van der Waals surface area contributed by atoms with Gasteiger partial charge in [0, 0.05) is 38.0 Å². The van der Waals surface area contributed by atoms with Crippen LogP contribution in [0.1, 0.15) is 28.6 Å². The van der Waals surface area contributed by atoms with Gasteiger partial charge in [-0.05, 0) is 25.0 Å². The molecule has 0 spiro atoms. The summed E-state index contributed by atoms with van der Waals surface area (Å²) in [5, 5.41) is 16.3. The minimum Gasteiger partial charge on any atom is -0.465 e. The second kappa shape index (κ2) is 11.5. The van der Waals surface area contributed by atoms with Crippen molar-refractivity contribution in [2.45, 2.75) is 32.0 Å². The van der Waals surface area contributed by atoms with Crippen molar-refractivity contribution in [3.8, 4) is 22.5 Å². The number of nitrogens with one attached hydrogen (secondary N) is 1. The van der Waals surface area contributed by atoms with Crippen LogP contribution in [0, 0.1) is 6.92 Å². The number of rotatable bonds is 9. The maximum atomic E-state index is 13.1. The van der Waals surface area contributed by atoms with Crippen LogP contribution in [0.25, 0.3) is 32.6 Å². The van der Waals surface area contributed by atoms with Crippen LogP contribution in [0.2, 0.25) is 0 Å². The first-order chi connectivity index (χ1) is 18.5. The van der Waals surface area contributed by atoms with Crippen molar-refractivity contribution in [2.75, 3.05) is 18.2 Å². The van der Waals surface area contributed by atoms with Gasteiger partial charge >= 0.3 is 5.97 Å². The van der Waals surface area contributed by atoms with Gasteiger partial charge in [0.25, 0.3) is 0 Å². The Kier molecular flexibility index (Phi) is 7.92. The van der Waals surface area contributed by atoms with Crippen LogP contribution < -0.4 is 5.32 Å². The molecule has 0 aliphatic heterocycles. The van der Waals surface area contributed by atoms with Gasteiger partial charge in [0.1, 0.15) is 10.6 Å². The van der Waals surface area contributed by atoms with Gasteiger partial charge in [-0.1, -0.05) is 67.2 Å². The maximum Gasteiger partial charge on any atom is 0.341 e. The predicted octanol–water partition coefficient (Wildman–Crippen LogP) is 7.12. The zero-order valence-corrected chi connectivity index (χ0v) is 23.6. The fraction of sp³-hybridized carbons (Fsp3) is 0.214. The van der Waals surface area contributed by atoms with E-state index in [0.29, 0.717) is 15.7 Å². The molecule has 1 amide bonds. The first-order valence-corrected chi connectivity index (χ1v) is 14.8. The molecule has 0 aliphatic carbocycles. The van der Waals surface area contributed by atoms with E-state index in [2.05, 4.69) is 44.5 Å². The number of carbonyl (C=O) groups excluding carboxylic acids is 2. The fourth-order valence-electron chi connectivity index (χ4n) is 4.35. The molecule has 1 N–H and O–H groups in total. The van der Waals surface area contributed by atoms with Gasteiger partial charge in [-0.25, -0.2) is 4.79 Å². The van der Waals surface area contributed by atoms with Crippen molar-refractivity contribution in [3.05, 3.63) is 70.4 Å². The molecule has 0 bridgehead atoms. The molecule has 5 aromatic rings. The summed E-state index contributed by atoms with van der Waals surface area (Å²) in [6, 6.07) is 17.9. The Morgan fingerprint density at radius 1 is 1.08 bits per heavy atom. The Hall–Kier alpha value is -3.47. The van der Waals surface area contributed by atoms with E-state index in [1.165, 1.54) is 34.9 Å². The molecule has 0 atom stereocenters. The number of aryl methyl sites for hydroxylation is 1. The molecule has 0 fully saturated rings. The Morgan fingerprint density at radius 2 is 1.84 bits per heavy atom. The summed E-state index contributed by atoms with van der Waals surface area (Å²) in [7, 11) is 1.35. The zero-order chi connectivity index (χ0) is 26.6. The summed E-state index contributed by atoms with van der Waals surface area (Å²) < 4.78 is 8.34. The van der Waals surface area contributed by atoms with Gasteiger partial charge < -0.3 is 14.6 Å². The summed E-state index contributed by atoms with van der Waals surface area (Å²) in [6.07, 6.45) is 0.909. The minimum absolute atomic E-state index is 0.129. The number of esters is 1. The Morgan fingerprint density at radius 3 is 2.61 bits per heavy atom. The van der Waals surface area contributed by atoms with Crippen LogP contribution in [-0.4, -0.2) is 39.5 Å². The number of methoxy groups -OCH3 is 1. The molecule has 0 saturated heterocycles. The van der Waals surface area contributed by atoms with Gasteiger partial charge in [0.15, 0.2) is 11.0 Å². The number of benzene rings is 2.